The Bertz CT molecular complexity index is 535. The molecule has 3 heteroatoms. The fourth-order valence-corrected chi connectivity index (χ4v) is 2.61. The van der Waals surface area contributed by atoms with Gasteiger partial charge in [-0.3, -0.25) is 0 Å². The van der Waals surface area contributed by atoms with E-state index >= 15 is 0 Å². The highest BCUT2D eigenvalue weighted by atomic mass is 32.1. The number of nitrogen functional groups attached to an aromatic ring is 1. The summed E-state index contributed by atoms with van der Waals surface area (Å²) in [5.41, 5.74) is 8.86. The Morgan fingerprint density at radius 1 is 1.25 bits per heavy atom. The molecule has 0 fully saturated rings. The Kier molecular flexibility index (Phi) is 2.93. The normalized spacial score (nSPS) is 12.0. The first kappa shape index (κ1) is 10.7. The van der Waals surface area contributed by atoms with Gasteiger partial charge in [0.2, 0.25) is 0 Å². The van der Waals surface area contributed by atoms with Crippen LogP contribution in [0.5, 0.6) is 0 Å². The smallest absolute Gasteiger partial charge is 0.110 e. The average molecular weight is 228 g/mol. The van der Waals surface area contributed by atoms with Crippen LogP contribution in [0.2, 0.25) is 0 Å². The van der Waals surface area contributed by atoms with Crippen molar-refractivity contribution in [3.05, 3.63) is 51.7 Å². The molecule has 0 saturated heterocycles. The molecule has 0 saturated carbocycles. The molecule has 1 aromatic carbocycles. The topological polar surface area (TPSA) is 49.8 Å². The molecule has 0 radical (unpaired) electrons. The number of nitriles is 1. The van der Waals surface area contributed by atoms with Crippen LogP contribution in [-0.2, 0) is 0 Å². The fourth-order valence-electron chi connectivity index (χ4n) is 1.82. The molecule has 1 heterocycles. The summed E-state index contributed by atoms with van der Waals surface area (Å²) in [6.45, 7) is 2.08. The highest BCUT2D eigenvalue weighted by Crippen LogP contribution is 2.32. The van der Waals surface area contributed by atoms with Crippen molar-refractivity contribution in [1.82, 2.24) is 0 Å². The monoisotopic (exact) mass is 228 g/mol. The molecule has 2 nitrogen and oxygen atoms in total. The molecule has 80 valence electrons. The summed E-state index contributed by atoms with van der Waals surface area (Å²) in [6, 6.07) is 12.0. The zero-order valence-corrected chi connectivity index (χ0v) is 9.79. The molecule has 2 N–H and O–H groups in total. The summed E-state index contributed by atoms with van der Waals surface area (Å²) in [5, 5.41) is 10.9. The van der Waals surface area contributed by atoms with Gasteiger partial charge < -0.3 is 5.73 Å². The second-order valence-corrected chi connectivity index (χ2v) is 4.58. The molecule has 0 bridgehead atoms. The minimum atomic E-state index is 0.169. The molecule has 0 amide bonds. The Balaban J connectivity index is 2.44. The fraction of sp³-hybridized carbons (Fsp3) is 0.154. The van der Waals surface area contributed by atoms with Crippen LogP contribution < -0.4 is 5.73 Å². The largest absolute Gasteiger partial charge is 0.398 e. The van der Waals surface area contributed by atoms with Crippen molar-refractivity contribution < 1.29 is 0 Å². The van der Waals surface area contributed by atoms with Crippen LogP contribution in [0.4, 0.5) is 5.69 Å². The van der Waals surface area contributed by atoms with E-state index < -0.39 is 0 Å². The van der Waals surface area contributed by atoms with E-state index in [0.29, 0.717) is 0 Å². The van der Waals surface area contributed by atoms with Gasteiger partial charge in [0.05, 0.1) is 0 Å². The third kappa shape index (κ3) is 1.80. The predicted molar refractivity (Wildman–Crippen MR) is 67.4 cm³/mol. The van der Waals surface area contributed by atoms with Crippen LogP contribution in [0.3, 0.4) is 0 Å². The third-order valence-electron chi connectivity index (χ3n) is 2.73. The lowest BCUT2D eigenvalue weighted by molar-refractivity contribution is 0.929. The molecular weight excluding hydrogens is 216 g/mol. The number of thiophene rings is 1. The van der Waals surface area contributed by atoms with Crippen molar-refractivity contribution in [3.63, 3.8) is 0 Å². The van der Waals surface area contributed by atoms with E-state index in [1.165, 1.54) is 11.3 Å². The van der Waals surface area contributed by atoms with Crippen LogP contribution >= 0.6 is 11.3 Å². The van der Waals surface area contributed by atoms with E-state index in [4.69, 9.17) is 11.0 Å². The van der Waals surface area contributed by atoms with Crippen molar-refractivity contribution in [2.45, 2.75) is 12.8 Å². The van der Waals surface area contributed by atoms with Gasteiger partial charge in [-0.25, -0.2) is 0 Å². The molecule has 2 aromatic rings. The van der Waals surface area contributed by atoms with E-state index in [-0.39, 0.29) is 5.92 Å². The van der Waals surface area contributed by atoms with Crippen LogP contribution in [-0.4, -0.2) is 0 Å². The van der Waals surface area contributed by atoms with Crippen LogP contribution in [0.15, 0.2) is 35.7 Å². The molecule has 0 aliphatic rings. The average Bonchev–Trinajstić information content (AvgIpc) is 2.77. The molecule has 1 unspecified atom stereocenters. The van der Waals surface area contributed by atoms with Crippen molar-refractivity contribution in [3.8, 4) is 6.07 Å². The second kappa shape index (κ2) is 4.38. The van der Waals surface area contributed by atoms with Gasteiger partial charge >= 0.3 is 0 Å². The molecule has 0 spiro atoms. The highest BCUT2D eigenvalue weighted by Gasteiger charge is 2.15. The second-order valence-electron chi connectivity index (χ2n) is 3.67. The Labute approximate surface area is 99.0 Å². The van der Waals surface area contributed by atoms with Gasteiger partial charge in [-0.05, 0) is 28.6 Å². The SMILES string of the molecule is CC(c1ccccc1N)c1ccsc1C#N. The molecule has 1 aromatic heterocycles. The quantitative estimate of drug-likeness (QED) is 0.801. The molecular formula is C13H12N2S. The van der Waals surface area contributed by atoms with Gasteiger partial charge in [0.15, 0.2) is 0 Å². The maximum atomic E-state index is 9.00. The predicted octanol–water partition coefficient (Wildman–Crippen LogP) is 3.35. The van der Waals surface area contributed by atoms with Gasteiger partial charge in [0.1, 0.15) is 10.9 Å². The molecule has 0 aliphatic heterocycles. The number of nitrogens with zero attached hydrogens (tertiary/aromatic N) is 1. The van der Waals surface area contributed by atoms with E-state index in [2.05, 4.69) is 13.0 Å². The van der Waals surface area contributed by atoms with Gasteiger partial charge in [0.25, 0.3) is 0 Å². The number of para-hydroxylation sites is 1. The van der Waals surface area contributed by atoms with Gasteiger partial charge in [-0.15, -0.1) is 11.3 Å². The number of rotatable bonds is 2. The molecule has 0 aliphatic carbocycles. The summed E-state index contributed by atoms with van der Waals surface area (Å²) < 4.78 is 0. The molecule has 1 atom stereocenters. The summed E-state index contributed by atoms with van der Waals surface area (Å²) in [5.74, 6) is 0.169. The van der Waals surface area contributed by atoms with Crippen molar-refractivity contribution in [1.29, 1.82) is 5.26 Å². The number of hydrogen-bond donors (Lipinski definition) is 1. The lowest BCUT2D eigenvalue weighted by Gasteiger charge is -2.13. The lowest BCUT2D eigenvalue weighted by Crippen LogP contribution is -2.00. The van der Waals surface area contributed by atoms with Gasteiger partial charge in [-0.1, -0.05) is 25.1 Å². The number of nitrogens with two attached hydrogens (primary N) is 1. The van der Waals surface area contributed by atoms with E-state index in [1.54, 1.807) is 0 Å². The first-order chi connectivity index (χ1) is 7.74. The van der Waals surface area contributed by atoms with Crippen molar-refractivity contribution in [2.75, 3.05) is 5.73 Å². The Morgan fingerprint density at radius 3 is 2.69 bits per heavy atom. The summed E-state index contributed by atoms with van der Waals surface area (Å²) in [7, 11) is 0. The number of benzene rings is 1. The van der Waals surface area contributed by atoms with E-state index in [9.17, 15) is 0 Å². The first-order valence-electron chi connectivity index (χ1n) is 5.06. The maximum Gasteiger partial charge on any atom is 0.110 e. The first-order valence-corrected chi connectivity index (χ1v) is 5.94. The van der Waals surface area contributed by atoms with Crippen molar-refractivity contribution >= 4 is 17.0 Å². The van der Waals surface area contributed by atoms with Crippen molar-refractivity contribution in [2.24, 2.45) is 0 Å². The van der Waals surface area contributed by atoms with E-state index in [0.717, 1.165) is 21.7 Å². The van der Waals surface area contributed by atoms with Gasteiger partial charge in [-0.2, -0.15) is 5.26 Å². The molecule has 16 heavy (non-hydrogen) atoms. The maximum absolute atomic E-state index is 9.00. The van der Waals surface area contributed by atoms with E-state index in [1.807, 2.05) is 35.7 Å². The summed E-state index contributed by atoms with van der Waals surface area (Å²) in [4.78, 5) is 0.774. The Morgan fingerprint density at radius 2 is 2.00 bits per heavy atom. The Hall–Kier alpha value is -1.79. The highest BCUT2D eigenvalue weighted by molar-refractivity contribution is 7.10. The molecule has 2 rings (SSSR count). The van der Waals surface area contributed by atoms with Crippen LogP contribution in [0.25, 0.3) is 0 Å². The van der Waals surface area contributed by atoms with Crippen LogP contribution in [0, 0.1) is 11.3 Å². The number of anilines is 1. The van der Waals surface area contributed by atoms with Gasteiger partial charge in [0, 0.05) is 11.6 Å². The minimum absolute atomic E-state index is 0.169. The summed E-state index contributed by atoms with van der Waals surface area (Å²) >= 11 is 1.48. The third-order valence-corrected chi connectivity index (χ3v) is 3.56. The standard InChI is InChI=1S/C13H12N2S/c1-9(10-4-2-3-5-12(10)15)11-6-7-16-13(11)8-14/h2-7,9H,15H2,1H3. The zero-order chi connectivity index (χ0) is 11.5. The van der Waals surface area contributed by atoms with Crippen LogP contribution in [0.1, 0.15) is 28.8 Å². The number of hydrogen-bond acceptors (Lipinski definition) is 3. The minimum Gasteiger partial charge on any atom is -0.398 e. The zero-order valence-electron chi connectivity index (χ0n) is 8.97. The lowest BCUT2D eigenvalue weighted by atomic mass is 9.92. The summed E-state index contributed by atoms with van der Waals surface area (Å²) in [6.07, 6.45) is 0.